The van der Waals surface area contributed by atoms with Gasteiger partial charge in [0, 0.05) is 26.2 Å². The third-order valence-corrected chi connectivity index (χ3v) is 5.98. The summed E-state index contributed by atoms with van der Waals surface area (Å²) in [6, 6.07) is 4.25. The molecule has 2 aromatic rings. The fraction of sp³-hybridized carbons (Fsp3) is 0.600. The second-order valence-electron chi connectivity index (χ2n) is 7.37. The Morgan fingerprint density at radius 1 is 1.11 bits per heavy atom. The van der Waals surface area contributed by atoms with Crippen LogP contribution in [0.5, 0.6) is 11.5 Å². The lowest BCUT2D eigenvalue weighted by Crippen LogP contribution is -2.47. The summed E-state index contributed by atoms with van der Waals surface area (Å²) in [4.78, 5) is 2.50. The molecule has 1 spiro atoms. The van der Waals surface area contributed by atoms with Crippen LogP contribution < -0.4 is 9.47 Å². The number of hydrogen-bond donors (Lipinski definition) is 0. The molecule has 2 aliphatic rings. The molecule has 4 rings (SSSR count). The van der Waals surface area contributed by atoms with Crippen molar-refractivity contribution in [3.63, 3.8) is 0 Å². The first-order valence-corrected chi connectivity index (χ1v) is 9.61. The molecule has 1 aromatic heterocycles. The van der Waals surface area contributed by atoms with Crippen LogP contribution in [0.1, 0.15) is 29.8 Å². The summed E-state index contributed by atoms with van der Waals surface area (Å²) in [5.74, 6) is 2.55. The third-order valence-electron chi connectivity index (χ3n) is 5.98. The summed E-state index contributed by atoms with van der Waals surface area (Å²) >= 11 is 0. The molecule has 1 fully saturated rings. The molecule has 0 saturated carbocycles. The van der Waals surface area contributed by atoms with E-state index in [2.05, 4.69) is 31.8 Å². The average molecular weight is 372 g/mol. The predicted molar refractivity (Wildman–Crippen MR) is 101 cm³/mol. The smallest absolute Gasteiger partial charge is 0.161 e. The molecule has 0 radical (unpaired) electrons. The second kappa shape index (κ2) is 7.48. The molecule has 0 aliphatic carbocycles. The largest absolute Gasteiger partial charge is 0.493 e. The molecule has 0 amide bonds. The van der Waals surface area contributed by atoms with Crippen molar-refractivity contribution in [2.45, 2.75) is 38.3 Å². The quantitative estimate of drug-likeness (QED) is 0.802. The molecule has 27 heavy (non-hydrogen) atoms. The topological polar surface area (TPSA) is 61.6 Å². The van der Waals surface area contributed by atoms with E-state index in [4.69, 9.17) is 14.2 Å². The number of likely N-dealkylation sites (tertiary alicyclic amines) is 1. The van der Waals surface area contributed by atoms with E-state index in [-0.39, 0.29) is 5.60 Å². The number of rotatable bonds is 5. The van der Waals surface area contributed by atoms with Gasteiger partial charge in [0.15, 0.2) is 11.5 Å². The summed E-state index contributed by atoms with van der Waals surface area (Å²) in [5, 5.41) is 8.02. The van der Waals surface area contributed by atoms with Gasteiger partial charge in [0.25, 0.3) is 0 Å². The molecule has 1 aromatic carbocycles. The van der Waals surface area contributed by atoms with Crippen LogP contribution in [-0.2, 0) is 23.3 Å². The lowest BCUT2D eigenvalue weighted by molar-refractivity contribution is -0.0982. The molecule has 146 valence electrons. The van der Waals surface area contributed by atoms with E-state index in [1.807, 2.05) is 6.92 Å². The Morgan fingerprint density at radius 3 is 2.52 bits per heavy atom. The Morgan fingerprint density at radius 2 is 1.85 bits per heavy atom. The fourth-order valence-electron chi connectivity index (χ4n) is 4.32. The van der Waals surface area contributed by atoms with E-state index < -0.39 is 0 Å². The van der Waals surface area contributed by atoms with E-state index >= 15 is 0 Å². The van der Waals surface area contributed by atoms with Gasteiger partial charge >= 0.3 is 0 Å². The van der Waals surface area contributed by atoms with Gasteiger partial charge in [-0.2, -0.15) is 0 Å². The highest BCUT2D eigenvalue weighted by molar-refractivity contribution is 5.50. The first-order valence-electron chi connectivity index (χ1n) is 9.61. The Hall–Kier alpha value is -2.12. The zero-order valence-electron chi connectivity index (χ0n) is 16.4. The lowest BCUT2D eigenvalue weighted by Gasteiger charge is -2.45. The number of ether oxygens (including phenoxy) is 3. The molecular formula is C20H28N4O3. The summed E-state index contributed by atoms with van der Waals surface area (Å²) < 4.78 is 19.5. The minimum absolute atomic E-state index is 0.198. The first-order chi connectivity index (χ1) is 13.1. The van der Waals surface area contributed by atoms with E-state index in [9.17, 15) is 0 Å². The second-order valence-corrected chi connectivity index (χ2v) is 7.37. The van der Waals surface area contributed by atoms with Crippen LogP contribution in [0.3, 0.4) is 0 Å². The highest BCUT2D eigenvalue weighted by Gasteiger charge is 2.41. The predicted octanol–water partition coefficient (Wildman–Crippen LogP) is 2.17. The number of aryl methyl sites for hydroxylation is 1. The maximum atomic E-state index is 6.38. The van der Waals surface area contributed by atoms with Crippen LogP contribution in [0.15, 0.2) is 18.5 Å². The number of piperidine rings is 1. The number of hydrogen-bond acceptors (Lipinski definition) is 6. The molecule has 0 atom stereocenters. The molecular weight excluding hydrogens is 344 g/mol. The van der Waals surface area contributed by atoms with Crippen LogP contribution in [0.4, 0.5) is 0 Å². The van der Waals surface area contributed by atoms with Gasteiger partial charge in [-0.05, 0) is 49.4 Å². The van der Waals surface area contributed by atoms with Gasteiger partial charge in [0.2, 0.25) is 0 Å². The zero-order valence-corrected chi connectivity index (χ0v) is 16.4. The highest BCUT2D eigenvalue weighted by Crippen LogP contribution is 2.45. The molecule has 0 N–H and O–H groups in total. The van der Waals surface area contributed by atoms with Crippen LogP contribution in [0.2, 0.25) is 0 Å². The molecule has 1 saturated heterocycles. The Labute approximate surface area is 160 Å². The molecule has 0 bridgehead atoms. The van der Waals surface area contributed by atoms with E-state index in [0.29, 0.717) is 0 Å². The molecule has 2 aliphatic heterocycles. The van der Waals surface area contributed by atoms with Gasteiger partial charge in [-0.1, -0.05) is 0 Å². The average Bonchev–Trinajstić information content (AvgIpc) is 3.12. The Bertz CT molecular complexity index is 797. The van der Waals surface area contributed by atoms with Crippen LogP contribution >= 0.6 is 0 Å². The number of methoxy groups -OCH3 is 2. The molecule has 0 unspecified atom stereocenters. The summed E-state index contributed by atoms with van der Waals surface area (Å²) in [6.07, 6.45) is 4.72. The maximum absolute atomic E-state index is 6.38. The van der Waals surface area contributed by atoms with Crippen molar-refractivity contribution in [3.05, 3.63) is 35.4 Å². The molecule has 7 heteroatoms. The van der Waals surface area contributed by atoms with Crippen molar-refractivity contribution in [3.8, 4) is 11.5 Å². The van der Waals surface area contributed by atoms with E-state index in [1.165, 1.54) is 11.1 Å². The zero-order chi connectivity index (χ0) is 18.9. The number of aromatic nitrogens is 3. The van der Waals surface area contributed by atoms with Gasteiger partial charge in [-0.15, -0.1) is 10.2 Å². The lowest BCUT2D eigenvalue weighted by atomic mass is 9.79. The minimum atomic E-state index is -0.198. The monoisotopic (exact) mass is 372 g/mol. The SMILES string of the molecule is COc1cc2c(cc1OC)C1(CCN(CCn3cnnc3C)CC1)OCC2. The Kier molecular flexibility index (Phi) is 5.06. The highest BCUT2D eigenvalue weighted by atomic mass is 16.5. The van der Waals surface area contributed by atoms with E-state index in [0.717, 1.165) is 69.4 Å². The van der Waals surface area contributed by atoms with Crippen molar-refractivity contribution in [1.82, 2.24) is 19.7 Å². The van der Waals surface area contributed by atoms with E-state index in [1.54, 1.807) is 20.5 Å². The Balaban J connectivity index is 1.47. The minimum Gasteiger partial charge on any atom is -0.493 e. The van der Waals surface area contributed by atoms with Gasteiger partial charge < -0.3 is 23.7 Å². The van der Waals surface area contributed by atoms with Gasteiger partial charge in [0.1, 0.15) is 12.2 Å². The third kappa shape index (κ3) is 3.41. The fourth-order valence-corrected chi connectivity index (χ4v) is 4.32. The molecule has 7 nitrogen and oxygen atoms in total. The van der Waals surface area contributed by atoms with Crippen LogP contribution in [-0.4, -0.2) is 60.1 Å². The van der Waals surface area contributed by atoms with Gasteiger partial charge in [-0.3, -0.25) is 0 Å². The first kappa shape index (κ1) is 18.3. The van der Waals surface area contributed by atoms with Crippen LogP contribution in [0, 0.1) is 6.92 Å². The van der Waals surface area contributed by atoms with Gasteiger partial charge in [-0.25, -0.2) is 0 Å². The normalized spacial score (nSPS) is 19.1. The number of fused-ring (bicyclic) bond motifs is 2. The molecule has 3 heterocycles. The summed E-state index contributed by atoms with van der Waals surface area (Å²) in [6.45, 7) is 6.74. The number of benzene rings is 1. The van der Waals surface area contributed by atoms with Crippen molar-refractivity contribution in [1.29, 1.82) is 0 Å². The van der Waals surface area contributed by atoms with Crippen molar-refractivity contribution >= 4 is 0 Å². The number of nitrogens with zero attached hydrogens (tertiary/aromatic N) is 4. The van der Waals surface area contributed by atoms with Gasteiger partial charge in [0.05, 0.1) is 26.4 Å². The van der Waals surface area contributed by atoms with Crippen molar-refractivity contribution in [2.24, 2.45) is 0 Å². The van der Waals surface area contributed by atoms with Crippen molar-refractivity contribution in [2.75, 3.05) is 40.5 Å². The van der Waals surface area contributed by atoms with Crippen molar-refractivity contribution < 1.29 is 14.2 Å². The van der Waals surface area contributed by atoms with Crippen LogP contribution in [0.25, 0.3) is 0 Å². The standard InChI is InChI=1S/C20H28N4O3/c1-15-22-21-14-24(15)10-9-23-7-5-20(6-8-23)17-13-19(26-3)18(25-2)12-16(17)4-11-27-20/h12-14H,4-11H2,1-3H3. The summed E-state index contributed by atoms with van der Waals surface area (Å²) in [7, 11) is 3.38. The maximum Gasteiger partial charge on any atom is 0.161 e. The summed E-state index contributed by atoms with van der Waals surface area (Å²) in [5.41, 5.74) is 2.41.